The van der Waals surface area contributed by atoms with E-state index in [9.17, 15) is 14.0 Å². The Hall–Kier alpha value is -2.97. The summed E-state index contributed by atoms with van der Waals surface area (Å²) in [6.07, 6.45) is 9.14. The molecule has 1 saturated carbocycles. The number of likely N-dealkylation sites (tertiary alicyclic amines) is 1. The number of pyridine rings is 1. The summed E-state index contributed by atoms with van der Waals surface area (Å²) in [4.78, 5) is 35.5. The minimum Gasteiger partial charge on any atom is -0.489 e. The highest BCUT2D eigenvalue weighted by Gasteiger charge is 2.35. The average Bonchev–Trinajstić information content (AvgIpc) is 3.49. The smallest absolute Gasteiger partial charge is 0.301 e. The molecule has 8 nitrogen and oxygen atoms in total. The number of amides is 2. The van der Waals surface area contributed by atoms with Gasteiger partial charge in [0.1, 0.15) is 12.9 Å². The average molecular weight is 430 g/mol. The highest BCUT2D eigenvalue weighted by atomic mass is 19.1. The van der Waals surface area contributed by atoms with Crippen LogP contribution in [0.2, 0.25) is 0 Å². The van der Waals surface area contributed by atoms with Gasteiger partial charge in [-0.1, -0.05) is 0 Å². The predicted octanol–water partition coefficient (Wildman–Crippen LogP) is 3.47. The number of anilines is 1. The van der Waals surface area contributed by atoms with E-state index in [1.807, 2.05) is 4.90 Å². The number of aromatic nitrogens is 2. The molecule has 9 heteroatoms. The SMILES string of the molecule is O=C(Nc1ncco1)c1ncccc1OC[C@@H]1CCCN1C(=O)C1CCC(CF)CC1. The van der Waals surface area contributed by atoms with E-state index >= 15 is 0 Å². The number of ether oxygens (including phenoxy) is 1. The zero-order valence-electron chi connectivity index (χ0n) is 17.3. The summed E-state index contributed by atoms with van der Waals surface area (Å²) in [5.74, 6) is 0.0880. The number of alkyl halides is 1. The molecule has 1 N–H and O–H groups in total. The maximum atomic E-state index is 13.1. The largest absolute Gasteiger partial charge is 0.489 e. The van der Waals surface area contributed by atoms with Gasteiger partial charge in [0.15, 0.2) is 11.4 Å². The monoisotopic (exact) mass is 430 g/mol. The first kappa shape index (κ1) is 21.3. The molecule has 0 spiro atoms. The Bertz CT molecular complexity index is 883. The van der Waals surface area contributed by atoms with E-state index in [-0.39, 0.29) is 48.8 Å². The third-order valence-corrected chi connectivity index (χ3v) is 6.14. The van der Waals surface area contributed by atoms with Crippen LogP contribution in [0.5, 0.6) is 5.75 Å². The summed E-state index contributed by atoms with van der Waals surface area (Å²) in [5, 5.41) is 2.53. The van der Waals surface area contributed by atoms with Crippen LogP contribution in [-0.2, 0) is 4.79 Å². The van der Waals surface area contributed by atoms with Gasteiger partial charge in [0.25, 0.3) is 5.91 Å². The molecule has 31 heavy (non-hydrogen) atoms. The van der Waals surface area contributed by atoms with Crippen LogP contribution in [0.4, 0.5) is 10.4 Å². The molecule has 0 bridgehead atoms. The zero-order chi connectivity index (χ0) is 21.6. The fourth-order valence-electron chi connectivity index (χ4n) is 4.40. The lowest BCUT2D eigenvalue weighted by Gasteiger charge is -2.32. The van der Waals surface area contributed by atoms with Gasteiger partial charge in [0.05, 0.1) is 18.9 Å². The van der Waals surface area contributed by atoms with Crippen molar-refractivity contribution < 1.29 is 23.1 Å². The molecular formula is C22H27FN4O4. The minimum atomic E-state index is -0.484. The summed E-state index contributed by atoms with van der Waals surface area (Å²) in [6, 6.07) is 3.40. The van der Waals surface area contributed by atoms with Crippen LogP contribution in [0.3, 0.4) is 0 Å². The van der Waals surface area contributed by atoms with Gasteiger partial charge in [0, 0.05) is 18.7 Å². The van der Waals surface area contributed by atoms with Crippen molar-refractivity contribution in [2.24, 2.45) is 11.8 Å². The van der Waals surface area contributed by atoms with Crippen molar-refractivity contribution in [1.29, 1.82) is 0 Å². The van der Waals surface area contributed by atoms with Crippen molar-refractivity contribution in [3.05, 3.63) is 36.5 Å². The van der Waals surface area contributed by atoms with E-state index in [1.54, 1.807) is 12.1 Å². The number of carbonyl (C=O) groups is 2. The van der Waals surface area contributed by atoms with E-state index < -0.39 is 5.91 Å². The van der Waals surface area contributed by atoms with Crippen LogP contribution < -0.4 is 10.1 Å². The molecule has 0 radical (unpaired) electrons. The number of carbonyl (C=O) groups excluding carboxylic acids is 2. The quantitative estimate of drug-likeness (QED) is 0.722. The standard InChI is InChI=1S/C22H27FN4O4/c23-13-15-5-7-16(8-6-15)21(29)27-11-2-3-17(27)14-31-18-4-1-9-24-19(18)20(28)26-22-25-10-12-30-22/h1,4,9-10,12,15-17H,2-3,5-8,11,13-14H2,(H,25,26,28)/t15?,16?,17-/m0/s1. The number of oxazole rings is 1. The molecule has 0 aromatic carbocycles. The summed E-state index contributed by atoms with van der Waals surface area (Å²) in [6.45, 7) is 0.703. The van der Waals surface area contributed by atoms with E-state index in [1.165, 1.54) is 18.7 Å². The van der Waals surface area contributed by atoms with Gasteiger partial charge in [-0.3, -0.25) is 19.3 Å². The topological polar surface area (TPSA) is 97.6 Å². The summed E-state index contributed by atoms with van der Waals surface area (Å²) in [7, 11) is 0. The van der Waals surface area contributed by atoms with Crippen molar-refractivity contribution in [3.63, 3.8) is 0 Å². The summed E-state index contributed by atoms with van der Waals surface area (Å²) >= 11 is 0. The Kier molecular flexibility index (Phi) is 6.79. The molecule has 2 aliphatic rings. The van der Waals surface area contributed by atoms with Gasteiger partial charge in [0.2, 0.25) is 5.91 Å². The molecule has 3 heterocycles. The fraction of sp³-hybridized carbons (Fsp3) is 0.545. The van der Waals surface area contributed by atoms with Crippen LogP contribution in [0.15, 0.2) is 35.2 Å². The second-order valence-electron chi connectivity index (χ2n) is 8.15. The number of halogens is 1. The molecule has 0 unspecified atom stereocenters. The molecule has 1 aliphatic carbocycles. The predicted molar refractivity (Wildman–Crippen MR) is 110 cm³/mol. The first-order valence-corrected chi connectivity index (χ1v) is 10.8. The lowest BCUT2D eigenvalue weighted by molar-refractivity contribution is -0.138. The molecular weight excluding hydrogens is 403 g/mol. The van der Waals surface area contributed by atoms with Gasteiger partial charge in [-0.05, 0) is 56.6 Å². The summed E-state index contributed by atoms with van der Waals surface area (Å²) in [5.41, 5.74) is 0.126. The molecule has 1 aliphatic heterocycles. The molecule has 1 saturated heterocycles. The molecule has 2 amide bonds. The van der Waals surface area contributed by atoms with Gasteiger partial charge < -0.3 is 14.1 Å². The van der Waals surface area contributed by atoms with Crippen molar-refractivity contribution in [2.75, 3.05) is 25.1 Å². The maximum absolute atomic E-state index is 13.1. The van der Waals surface area contributed by atoms with Crippen LogP contribution in [0, 0.1) is 11.8 Å². The molecule has 2 aromatic heterocycles. The van der Waals surface area contributed by atoms with E-state index in [0.717, 1.165) is 38.5 Å². The van der Waals surface area contributed by atoms with Gasteiger partial charge in [-0.25, -0.2) is 9.97 Å². The van der Waals surface area contributed by atoms with Crippen molar-refractivity contribution in [2.45, 2.75) is 44.6 Å². The molecule has 166 valence electrons. The Labute approximate surface area is 180 Å². The molecule has 2 fully saturated rings. The van der Waals surface area contributed by atoms with E-state index in [4.69, 9.17) is 9.15 Å². The highest BCUT2D eigenvalue weighted by Crippen LogP contribution is 2.32. The Balaban J connectivity index is 1.36. The molecule has 4 rings (SSSR count). The Morgan fingerprint density at radius 1 is 1.19 bits per heavy atom. The molecule has 1 atom stereocenters. The van der Waals surface area contributed by atoms with Crippen molar-refractivity contribution in [3.8, 4) is 5.75 Å². The van der Waals surface area contributed by atoms with Gasteiger partial charge in [-0.2, -0.15) is 0 Å². The van der Waals surface area contributed by atoms with Crippen LogP contribution in [-0.4, -0.2) is 52.6 Å². The maximum Gasteiger partial charge on any atom is 0.301 e. The fourth-order valence-corrected chi connectivity index (χ4v) is 4.40. The lowest BCUT2D eigenvalue weighted by Crippen LogP contribution is -2.43. The number of hydrogen-bond donors (Lipinski definition) is 1. The second kappa shape index (κ2) is 9.89. The summed E-state index contributed by atoms with van der Waals surface area (Å²) < 4.78 is 23.9. The first-order chi connectivity index (χ1) is 15.2. The number of hydrogen-bond acceptors (Lipinski definition) is 6. The first-order valence-electron chi connectivity index (χ1n) is 10.8. The Morgan fingerprint density at radius 3 is 2.77 bits per heavy atom. The third-order valence-electron chi connectivity index (χ3n) is 6.14. The molecule has 2 aromatic rings. The van der Waals surface area contributed by atoms with E-state index in [2.05, 4.69) is 15.3 Å². The Morgan fingerprint density at radius 2 is 2.03 bits per heavy atom. The van der Waals surface area contributed by atoms with Gasteiger partial charge in [-0.15, -0.1) is 0 Å². The van der Waals surface area contributed by atoms with Crippen LogP contribution in [0.1, 0.15) is 49.0 Å². The lowest BCUT2D eigenvalue weighted by atomic mass is 9.82. The highest BCUT2D eigenvalue weighted by molar-refractivity contribution is 6.03. The second-order valence-corrected chi connectivity index (χ2v) is 8.15. The number of rotatable bonds is 7. The third kappa shape index (κ3) is 5.03. The number of nitrogens with zero attached hydrogens (tertiary/aromatic N) is 3. The van der Waals surface area contributed by atoms with Crippen LogP contribution in [0.25, 0.3) is 0 Å². The van der Waals surface area contributed by atoms with Crippen molar-refractivity contribution >= 4 is 17.8 Å². The zero-order valence-corrected chi connectivity index (χ0v) is 17.3. The van der Waals surface area contributed by atoms with Crippen LogP contribution >= 0.6 is 0 Å². The van der Waals surface area contributed by atoms with Crippen molar-refractivity contribution in [1.82, 2.24) is 14.9 Å². The van der Waals surface area contributed by atoms with E-state index in [0.29, 0.717) is 12.3 Å². The van der Waals surface area contributed by atoms with Gasteiger partial charge >= 0.3 is 6.01 Å². The minimum absolute atomic E-state index is 0.0241. The number of nitrogens with one attached hydrogen (secondary N) is 1. The normalized spacial score (nSPS) is 23.5.